The highest BCUT2D eigenvalue weighted by atomic mass is 16.7. The third-order valence-corrected chi connectivity index (χ3v) is 11.4. The van der Waals surface area contributed by atoms with Gasteiger partial charge in [-0.2, -0.15) is 0 Å². The maximum absolute atomic E-state index is 10.5. The van der Waals surface area contributed by atoms with E-state index in [0.29, 0.717) is 53.4 Å². The Morgan fingerprint density at radius 1 is 1.03 bits per heavy atom. The maximum Gasteiger partial charge on any atom is 0.171 e. The van der Waals surface area contributed by atoms with Crippen LogP contribution < -0.4 is 0 Å². The predicted molar refractivity (Wildman–Crippen MR) is 119 cm³/mol. The van der Waals surface area contributed by atoms with Crippen molar-refractivity contribution >= 4 is 0 Å². The molecule has 0 aromatic carbocycles. The van der Waals surface area contributed by atoms with Gasteiger partial charge in [0.25, 0.3) is 0 Å². The van der Waals surface area contributed by atoms with E-state index in [-0.39, 0.29) is 11.2 Å². The van der Waals surface area contributed by atoms with Gasteiger partial charge in [-0.15, -0.1) is 0 Å². The Morgan fingerprint density at radius 2 is 1.84 bits per heavy atom. The van der Waals surface area contributed by atoms with Crippen LogP contribution in [0.3, 0.4) is 0 Å². The van der Waals surface area contributed by atoms with Crippen molar-refractivity contribution < 1.29 is 19.7 Å². The quantitative estimate of drug-likeness (QED) is 0.548. The van der Waals surface area contributed by atoms with Gasteiger partial charge in [0.15, 0.2) is 5.79 Å². The van der Waals surface area contributed by atoms with Crippen molar-refractivity contribution in [3.8, 4) is 0 Å². The van der Waals surface area contributed by atoms with E-state index in [4.69, 9.17) is 9.47 Å². The molecule has 174 valence electrons. The molecule has 2 N–H and O–H groups in total. The van der Waals surface area contributed by atoms with Crippen LogP contribution in [-0.4, -0.2) is 40.9 Å². The first-order valence-electron chi connectivity index (χ1n) is 13.1. The minimum atomic E-state index is -0.584. The number of aliphatic hydroxyl groups excluding tert-OH is 2. The molecule has 1 spiro atoms. The molecule has 2 aliphatic heterocycles. The van der Waals surface area contributed by atoms with E-state index in [1.54, 1.807) is 0 Å². The van der Waals surface area contributed by atoms with Crippen LogP contribution in [0.4, 0.5) is 0 Å². The molecule has 3 saturated carbocycles. The normalized spacial score (nSPS) is 60.7. The molecule has 12 atom stereocenters. The van der Waals surface area contributed by atoms with Crippen molar-refractivity contribution in [1.29, 1.82) is 0 Å². The molecular weight excluding hydrogens is 388 g/mol. The third kappa shape index (κ3) is 2.74. The van der Waals surface area contributed by atoms with Gasteiger partial charge in [-0.25, -0.2) is 0 Å². The summed E-state index contributed by atoms with van der Waals surface area (Å²) in [5.41, 5.74) is 1.80. The highest BCUT2D eigenvalue weighted by molar-refractivity contribution is 5.27. The lowest BCUT2D eigenvalue weighted by molar-refractivity contribution is -0.272. The second-order valence-electron chi connectivity index (χ2n) is 12.8. The minimum absolute atomic E-state index is 0.0525. The number of rotatable bonds is 0. The van der Waals surface area contributed by atoms with Crippen molar-refractivity contribution in [1.82, 2.24) is 0 Å². The largest absolute Gasteiger partial charge is 0.390 e. The Hall–Kier alpha value is -0.420. The van der Waals surface area contributed by atoms with Crippen molar-refractivity contribution in [2.45, 2.75) is 103 Å². The van der Waals surface area contributed by atoms with Gasteiger partial charge in [-0.05, 0) is 85.4 Å². The van der Waals surface area contributed by atoms with Gasteiger partial charge in [-0.1, -0.05) is 39.3 Å². The lowest BCUT2D eigenvalue weighted by Crippen LogP contribution is -2.54. The Labute approximate surface area is 187 Å². The summed E-state index contributed by atoms with van der Waals surface area (Å²) in [7, 11) is 0. The average molecular weight is 431 g/mol. The monoisotopic (exact) mass is 430 g/mol. The van der Waals surface area contributed by atoms with E-state index < -0.39 is 12.2 Å². The fraction of sp³-hybridized carbons (Fsp3) is 0.926. The fourth-order valence-electron chi connectivity index (χ4n) is 9.71. The average Bonchev–Trinajstić information content (AvgIpc) is 3.16. The highest BCUT2D eigenvalue weighted by Gasteiger charge is 2.68. The second kappa shape index (κ2) is 6.81. The summed E-state index contributed by atoms with van der Waals surface area (Å²) in [6.07, 6.45) is 10.1. The Bertz CT molecular complexity index is 769. The highest BCUT2D eigenvalue weighted by Crippen LogP contribution is 2.70. The standard InChI is InChI=1S/C27H42O4/c1-15-7-10-27(30-14-15)16(2)24-23(31-27)12-20-18-6-5-17-11-21(28)22(29)13-26(17,4)19(18)8-9-25(20,24)3/h5,15-16,18-24,28-29H,6-14H2,1-4H3/t15?,16-,18?,19?,20?,21?,22+,23?,24?,25-,26-,27+/m0/s1. The molecule has 0 aromatic heterocycles. The molecule has 0 radical (unpaired) electrons. The third-order valence-electron chi connectivity index (χ3n) is 11.4. The van der Waals surface area contributed by atoms with Crippen LogP contribution in [0.5, 0.6) is 0 Å². The lowest BCUT2D eigenvalue weighted by Gasteiger charge is -2.59. The van der Waals surface area contributed by atoms with Gasteiger partial charge in [0, 0.05) is 12.3 Å². The Balaban J connectivity index is 1.28. The first-order valence-corrected chi connectivity index (χ1v) is 13.1. The van der Waals surface area contributed by atoms with Crippen LogP contribution in [0.25, 0.3) is 0 Å². The molecule has 7 unspecified atom stereocenters. The van der Waals surface area contributed by atoms with Crippen LogP contribution in [0.2, 0.25) is 0 Å². The summed E-state index contributed by atoms with van der Waals surface area (Å²) in [6, 6.07) is 0. The minimum Gasteiger partial charge on any atom is -0.390 e. The predicted octanol–water partition coefficient (Wildman–Crippen LogP) is 4.68. The number of hydrogen-bond donors (Lipinski definition) is 2. The van der Waals surface area contributed by atoms with Crippen molar-refractivity contribution in [3.05, 3.63) is 11.6 Å². The first-order chi connectivity index (χ1) is 14.7. The zero-order valence-electron chi connectivity index (χ0n) is 19.8. The first kappa shape index (κ1) is 21.1. The summed E-state index contributed by atoms with van der Waals surface area (Å²) in [6.45, 7) is 10.5. The van der Waals surface area contributed by atoms with Crippen molar-refractivity contribution in [2.24, 2.45) is 46.3 Å². The molecule has 2 heterocycles. The molecule has 6 aliphatic rings. The molecule has 0 aromatic rings. The number of hydrogen-bond acceptors (Lipinski definition) is 4. The van der Waals surface area contributed by atoms with Crippen LogP contribution in [0, 0.1) is 46.3 Å². The van der Waals surface area contributed by atoms with E-state index in [1.807, 2.05) is 0 Å². The van der Waals surface area contributed by atoms with Gasteiger partial charge in [0.2, 0.25) is 0 Å². The molecule has 0 bridgehead atoms. The molecule has 4 nitrogen and oxygen atoms in total. The molecule has 4 aliphatic carbocycles. The van der Waals surface area contributed by atoms with Gasteiger partial charge >= 0.3 is 0 Å². The molecule has 4 heteroatoms. The fourth-order valence-corrected chi connectivity index (χ4v) is 9.71. The number of aliphatic hydroxyl groups is 2. The van der Waals surface area contributed by atoms with E-state index in [9.17, 15) is 10.2 Å². The number of allylic oxidation sites excluding steroid dienone is 1. The summed E-state index contributed by atoms with van der Waals surface area (Å²) in [4.78, 5) is 0. The number of fused-ring (bicyclic) bond motifs is 7. The van der Waals surface area contributed by atoms with Crippen LogP contribution in [-0.2, 0) is 9.47 Å². The van der Waals surface area contributed by atoms with Gasteiger partial charge in [0.1, 0.15) is 0 Å². The topological polar surface area (TPSA) is 58.9 Å². The second-order valence-corrected chi connectivity index (χ2v) is 12.8. The molecule has 2 saturated heterocycles. The maximum atomic E-state index is 10.5. The molecule has 31 heavy (non-hydrogen) atoms. The summed E-state index contributed by atoms with van der Waals surface area (Å²) in [5, 5.41) is 20.8. The summed E-state index contributed by atoms with van der Waals surface area (Å²) < 4.78 is 13.3. The summed E-state index contributed by atoms with van der Waals surface area (Å²) >= 11 is 0. The van der Waals surface area contributed by atoms with Gasteiger partial charge in [-0.3, -0.25) is 0 Å². The zero-order valence-corrected chi connectivity index (χ0v) is 19.8. The van der Waals surface area contributed by atoms with Crippen molar-refractivity contribution in [3.63, 3.8) is 0 Å². The van der Waals surface area contributed by atoms with E-state index in [0.717, 1.165) is 25.9 Å². The van der Waals surface area contributed by atoms with E-state index in [1.165, 1.54) is 31.3 Å². The Morgan fingerprint density at radius 3 is 2.58 bits per heavy atom. The SMILES string of the molecule is CC1CC[C@@]2(OC1)OC1CC3C4CC=C5CC(O)[C@H](O)C[C@]5(C)C4CC[C@]3(C)C1[C@@H]2C. The lowest BCUT2D eigenvalue weighted by atomic mass is 9.46. The van der Waals surface area contributed by atoms with Crippen LogP contribution in [0.15, 0.2) is 11.6 Å². The number of ether oxygens (including phenoxy) is 2. The smallest absolute Gasteiger partial charge is 0.171 e. The van der Waals surface area contributed by atoms with Gasteiger partial charge in [0.05, 0.1) is 24.9 Å². The summed E-state index contributed by atoms with van der Waals surface area (Å²) in [5.74, 6) is 3.39. The van der Waals surface area contributed by atoms with Gasteiger partial charge < -0.3 is 19.7 Å². The molecule has 5 fully saturated rings. The Kier molecular flexibility index (Phi) is 4.64. The van der Waals surface area contributed by atoms with E-state index in [2.05, 4.69) is 33.8 Å². The van der Waals surface area contributed by atoms with Crippen LogP contribution in [0.1, 0.15) is 79.1 Å². The van der Waals surface area contributed by atoms with E-state index >= 15 is 0 Å². The van der Waals surface area contributed by atoms with Crippen molar-refractivity contribution in [2.75, 3.05) is 6.61 Å². The molecular formula is C27H42O4. The molecule has 0 amide bonds. The van der Waals surface area contributed by atoms with Crippen LogP contribution >= 0.6 is 0 Å². The zero-order chi connectivity index (χ0) is 21.8. The molecule has 6 rings (SSSR count).